The number of nitrogens with one attached hydrogen (secondary N) is 1. The average Bonchev–Trinajstić information content (AvgIpc) is 2.44. The fraction of sp³-hybridized carbons (Fsp3) is 0.571. The summed E-state index contributed by atoms with van der Waals surface area (Å²) in [6.07, 6.45) is -3.24. The lowest BCUT2D eigenvalue weighted by atomic mass is 9.76. The maximum absolute atomic E-state index is 14.1. The lowest BCUT2D eigenvalue weighted by molar-refractivity contribution is -0.184. The van der Waals surface area contributed by atoms with Gasteiger partial charge in [-0.2, -0.15) is 13.2 Å². The number of nitrogens with two attached hydrogens (primary N) is 1. The van der Waals surface area contributed by atoms with Crippen LogP contribution in [-0.2, 0) is 0 Å². The standard InChI is InChI=1S/C14H17BrF4N2/c15-11-3-1-2-10(12(11)16)13(21-20)8-4-6-9(7-5-8)14(17,18)19/h1-3,8-9,13,21H,4-7,20H2. The fourth-order valence-corrected chi connectivity index (χ4v) is 3.40. The van der Waals surface area contributed by atoms with Crippen LogP contribution >= 0.6 is 15.9 Å². The second kappa shape index (κ2) is 6.62. The van der Waals surface area contributed by atoms with E-state index >= 15 is 0 Å². The van der Waals surface area contributed by atoms with Gasteiger partial charge in [0.15, 0.2) is 0 Å². The van der Waals surface area contributed by atoms with Crippen molar-refractivity contribution >= 4 is 15.9 Å². The molecule has 0 saturated heterocycles. The number of hydrogen-bond acceptors (Lipinski definition) is 2. The number of hydrogen-bond donors (Lipinski definition) is 2. The van der Waals surface area contributed by atoms with Gasteiger partial charge in [-0.05, 0) is 53.6 Å². The molecule has 3 N–H and O–H groups in total. The molecule has 0 radical (unpaired) electrons. The molecule has 1 atom stereocenters. The largest absolute Gasteiger partial charge is 0.391 e. The summed E-state index contributed by atoms with van der Waals surface area (Å²) in [6.45, 7) is 0. The van der Waals surface area contributed by atoms with Crippen molar-refractivity contribution in [2.45, 2.75) is 37.9 Å². The molecule has 0 spiro atoms. The molecule has 0 aliphatic heterocycles. The highest BCUT2D eigenvalue weighted by Gasteiger charge is 2.42. The Morgan fingerprint density at radius 1 is 1.19 bits per heavy atom. The third kappa shape index (κ3) is 3.76. The first-order chi connectivity index (χ1) is 9.84. The van der Waals surface area contributed by atoms with Crippen molar-refractivity contribution in [3.05, 3.63) is 34.1 Å². The van der Waals surface area contributed by atoms with Gasteiger partial charge in [-0.15, -0.1) is 0 Å². The van der Waals surface area contributed by atoms with Crippen molar-refractivity contribution in [3.63, 3.8) is 0 Å². The molecule has 1 aromatic rings. The zero-order valence-electron chi connectivity index (χ0n) is 11.3. The van der Waals surface area contributed by atoms with Gasteiger partial charge in [-0.1, -0.05) is 12.1 Å². The lowest BCUT2D eigenvalue weighted by Crippen LogP contribution is -2.37. The zero-order chi connectivity index (χ0) is 15.6. The topological polar surface area (TPSA) is 38.0 Å². The Morgan fingerprint density at radius 2 is 1.81 bits per heavy atom. The molecule has 0 bridgehead atoms. The van der Waals surface area contributed by atoms with Crippen molar-refractivity contribution in [1.29, 1.82) is 0 Å². The van der Waals surface area contributed by atoms with Crippen molar-refractivity contribution in [3.8, 4) is 0 Å². The predicted molar refractivity (Wildman–Crippen MR) is 75.7 cm³/mol. The molecule has 1 aromatic carbocycles. The Labute approximate surface area is 129 Å². The van der Waals surface area contributed by atoms with Crippen molar-refractivity contribution in [1.82, 2.24) is 5.43 Å². The summed E-state index contributed by atoms with van der Waals surface area (Å²) in [4.78, 5) is 0. The van der Waals surface area contributed by atoms with Gasteiger partial charge in [-0.3, -0.25) is 11.3 Å². The van der Waals surface area contributed by atoms with Crippen LogP contribution in [0.4, 0.5) is 17.6 Å². The second-order valence-electron chi connectivity index (χ2n) is 5.44. The van der Waals surface area contributed by atoms with Crippen LogP contribution in [-0.4, -0.2) is 6.18 Å². The first kappa shape index (κ1) is 16.7. The van der Waals surface area contributed by atoms with Gasteiger partial charge in [-0.25, -0.2) is 4.39 Å². The summed E-state index contributed by atoms with van der Waals surface area (Å²) in [7, 11) is 0. The van der Waals surface area contributed by atoms with E-state index in [1.54, 1.807) is 18.2 Å². The van der Waals surface area contributed by atoms with Crippen LogP contribution in [0.1, 0.15) is 37.3 Å². The molecule has 2 nitrogen and oxygen atoms in total. The van der Waals surface area contributed by atoms with E-state index in [0.29, 0.717) is 22.9 Å². The molecule has 1 unspecified atom stereocenters. The normalized spacial score (nSPS) is 24.9. The third-order valence-corrected chi connectivity index (χ3v) is 4.81. The monoisotopic (exact) mass is 368 g/mol. The summed E-state index contributed by atoms with van der Waals surface area (Å²) < 4.78 is 52.5. The Kier molecular flexibility index (Phi) is 5.27. The molecule has 0 aromatic heterocycles. The number of rotatable bonds is 3. The van der Waals surface area contributed by atoms with E-state index in [1.807, 2.05) is 0 Å². The molecule has 1 aliphatic rings. The van der Waals surface area contributed by atoms with Crippen LogP contribution in [0.3, 0.4) is 0 Å². The van der Waals surface area contributed by atoms with Gasteiger partial charge in [0.1, 0.15) is 5.82 Å². The summed E-state index contributed by atoms with van der Waals surface area (Å²) in [5.41, 5.74) is 2.96. The highest BCUT2D eigenvalue weighted by Crippen LogP contribution is 2.43. The Hall–Kier alpha value is -0.660. The third-order valence-electron chi connectivity index (χ3n) is 4.20. The van der Waals surface area contributed by atoms with Crippen LogP contribution in [0.5, 0.6) is 0 Å². The van der Waals surface area contributed by atoms with E-state index in [0.717, 1.165) is 0 Å². The number of hydrazine groups is 1. The number of halogens is 5. The molecule has 0 amide bonds. The quantitative estimate of drug-likeness (QED) is 0.469. The first-order valence-electron chi connectivity index (χ1n) is 6.81. The average molecular weight is 369 g/mol. The SMILES string of the molecule is NNC(c1cccc(Br)c1F)C1CCC(C(F)(F)F)CC1. The molecule has 1 aliphatic carbocycles. The molecule has 21 heavy (non-hydrogen) atoms. The predicted octanol–water partition coefficient (Wildman–Crippen LogP) is 4.46. The van der Waals surface area contributed by atoms with E-state index in [1.165, 1.54) is 0 Å². The minimum Gasteiger partial charge on any atom is -0.271 e. The van der Waals surface area contributed by atoms with Crippen LogP contribution < -0.4 is 11.3 Å². The van der Waals surface area contributed by atoms with E-state index in [-0.39, 0.29) is 18.8 Å². The highest BCUT2D eigenvalue weighted by atomic mass is 79.9. The smallest absolute Gasteiger partial charge is 0.271 e. The zero-order valence-corrected chi connectivity index (χ0v) is 12.8. The minimum atomic E-state index is -4.14. The molecule has 7 heteroatoms. The van der Waals surface area contributed by atoms with Crippen LogP contribution in [0.25, 0.3) is 0 Å². The molecular formula is C14H17BrF4N2. The van der Waals surface area contributed by atoms with Crippen molar-refractivity contribution < 1.29 is 17.6 Å². The Bertz CT molecular complexity index is 484. The second-order valence-corrected chi connectivity index (χ2v) is 6.30. The van der Waals surface area contributed by atoms with Gasteiger partial charge in [0, 0.05) is 5.56 Å². The van der Waals surface area contributed by atoms with E-state index in [2.05, 4.69) is 21.4 Å². The van der Waals surface area contributed by atoms with Gasteiger partial charge in [0.05, 0.1) is 16.4 Å². The molecular weight excluding hydrogens is 352 g/mol. The number of alkyl halides is 3. The molecule has 1 fully saturated rings. The highest BCUT2D eigenvalue weighted by molar-refractivity contribution is 9.10. The molecule has 1 saturated carbocycles. The van der Waals surface area contributed by atoms with E-state index in [9.17, 15) is 17.6 Å². The van der Waals surface area contributed by atoms with Crippen LogP contribution in [0, 0.1) is 17.7 Å². The summed E-state index contributed by atoms with van der Waals surface area (Å²) >= 11 is 3.11. The number of benzene rings is 1. The van der Waals surface area contributed by atoms with Gasteiger partial charge in [0.2, 0.25) is 0 Å². The molecule has 0 heterocycles. The molecule has 118 valence electrons. The summed E-state index contributed by atoms with van der Waals surface area (Å²) in [5.74, 6) is 3.75. The Balaban J connectivity index is 2.12. The van der Waals surface area contributed by atoms with Crippen molar-refractivity contribution in [2.75, 3.05) is 0 Å². The van der Waals surface area contributed by atoms with Gasteiger partial charge >= 0.3 is 6.18 Å². The maximum atomic E-state index is 14.1. The lowest BCUT2D eigenvalue weighted by Gasteiger charge is -2.34. The first-order valence-corrected chi connectivity index (χ1v) is 7.60. The van der Waals surface area contributed by atoms with Crippen LogP contribution in [0.15, 0.2) is 22.7 Å². The summed E-state index contributed by atoms with van der Waals surface area (Å²) in [5, 5.41) is 0. The fourth-order valence-electron chi connectivity index (χ4n) is 3.02. The summed E-state index contributed by atoms with van der Waals surface area (Å²) in [6, 6.07) is 4.40. The molecule has 2 rings (SSSR count). The van der Waals surface area contributed by atoms with Crippen molar-refractivity contribution in [2.24, 2.45) is 17.7 Å². The maximum Gasteiger partial charge on any atom is 0.391 e. The minimum absolute atomic E-state index is 0.0714. The van der Waals surface area contributed by atoms with Gasteiger partial charge < -0.3 is 0 Å². The van der Waals surface area contributed by atoms with Gasteiger partial charge in [0.25, 0.3) is 0 Å². The van der Waals surface area contributed by atoms with Crippen LogP contribution in [0.2, 0.25) is 0 Å². The van der Waals surface area contributed by atoms with E-state index in [4.69, 9.17) is 5.84 Å². The Morgan fingerprint density at radius 3 is 2.33 bits per heavy atom. The van der Waals surface area contributed by atoms with E-state index < -0.39 is 24.0 Å².